The van der Waals surface area contributed by atoms with E-state index in [2.05, 4.69) is 20.8 Å². The summed E-state index contributed by atoms with van der Waals surface area (Å²) in [6, 6.07) is 20.1. The number of rotatable bonds is 7. The Kier molecular flexibility index (Phi) is 6.72. The monoisotopic (exact) mass is 498 g/mol. The van der Waals surface area contributed by atoms with Gasteiger partial charge >= 0.3 is 0 Å². The fourth-order valence-corrected chi connectivity index (χ4v) is 4.60. The van der Waals surface area contributed by atoms with Gasteiger partial charge < -0.3 is 9.15 Å². The Labute approximate surface area is 210 Å². The Morgan fingerprint density at radius 1 is 1.00 bits per heavy atom. The number of hydrazine groups is 1. The highest BCUT2D eigenvalue weighted by atomic mass is 32.1. The molecular weight excluding hydrogens is 476 g/mol. The van der Waals surface area contributed by atoms with Gasteiger partial charge in [-0.25, -0.2) is 9.97 Å². The van der Waals surface area contributed by atoms with Crippen molar-refractivity contribution >= 4 is 34.1 Å². The van der Waals surface area contributed by atoms with Gasteiger partial charge in [0.05, 0.1) is 41.6 Å². The minimum atomic E-state index is -0.459. The summed E-state index contributed by atoms with van der Waals surface area (Å²) in [5.74, 6) is 0.447. The lowest BCUT2D eigenvalue weighted by molar-refractivity contribution is -0.121. The van der Waals surface area contributed by atoms with Crippen LogP contribution in [0.25, 0.3) is 32.9 Å². The maximum absolute atomic E-state index is 13.0. The normalized spacial score (nSPS) is 10.8. The second kappa shape index (κ2) is 10.4. The third kappa shape index (κ3) is 4.96. The van der Waals surface area contributed by atoms with Gasteiger partial charge in [0.1, 0.15) is 16.5 Å². The number of carbonyl (C=O) groups excluding carboxylic acids is 2. The molecule has 5 aromatic rings. The minimum Gasteiger partial charge on any atom is -0.493 e. The molecule has 0 saturated carbocycles. The van der Waals surface area contributed by atoms with Crippen molar-refractivity contribution in [1.82, 2.24) is 20.8 Å². The molecule has 0 saturated heterocycles. The Bertz CT molecular complexity index is 1530. The van der Waals surface area contributed by atoms with Gasteiger partial charge in [-0.3, -0.25) is 20.4 Å². The standard InChI is InChI=1S/C27H22N4O4S/c1-2-34-23-11-6-4-9-19(23)27-28-17(16-36-27)14-25(32)30-31-26(33)20-15-22(24-12-7-13-35-24)29-21-10-5-3-8-18(20)21/h3-13,15-16H,2,14H2,1H3,(H,30,32)(H,31,33). The van der Waals surface area contributed by atoms with Crippen LogP contribution in [-0.2, 0) is 11.2 Å². The zero-order valence-corrected chi connectivity index (χ0v) is 20.2. The van der Waals surface area contributed by atoms with Crippen LogP contribution < -0.4 is 15.6 Å². The lowest BCUT2D eigenvalue weighted by atomic mass is 10.1. The molecule has 0 aliphatic rings. The highest BCUT2D eigenvalue weighted by molar-refractivity contribution is 7.13. The molecule has 180 valence electrons. The number of hydrogen-bond donors (Lipinski definition) is 2. The number of hydrogen-bond acceptors (Lipinski definition) is 7. The van der Waals surface area contributed by atoms with Crippen LogP contribution in [0.3, 0.4) is 0 Å². The van der Waals surface area contributed by atoms with Crippen LogP contribution in [-0.4, -0.2) is 28.4 Å². The fraction of sp³-hybridized carbons (Fsp3) is 0.111. The van der Waals surface area contributed by atoms with Crippen LogP contribution in [0.5, 0.6) is 5.75 Å². The molecule has 0 unspecified atom stereocenters. The number of nitrogens with zero attached hydrogens (tertiary/aromatic N) is 2. The van der Waals surface area contributed by atoms with Gasteiger partial charge in [-0.15, -0.1) is 11.3 Å². The summed E-state index contributed by atoms with van der Waals surface area (Å²) in [5.41, 5.74) is 8.01. The number of pyridine rings is 1. The maximum atomic E-state index is 13.0. The smallest absolute Gasteiger partial charge is 0.270 e. The molecule has 0 fully saturated rings. The molecule has 36 heavy (non-hydrogen) atoms. The topological polar surface area (TPSA) is 106 Å². The molecule has 2 N–H and O–H groups in total. The second-order valence-corrected chi connectivity index (χ2v) is 8.66. The number of aromatic nitrogens is 2. The van der Waals surface area contributed by atoms with Gasteiger partial charge in [-0.05, 0) is 43.3 Å². The van der Waals surface area contributed by atoms with Gasteiger partial charge in [0, 0.05) is 10.8 Å². The molecule has 0 spiro atoms. The summed E-state index contributed by atoms with van der Waals surface area (Å²) in [5, 5.41) is 3.25. The molecule has 0 aliphatic heterocycles. The van der Waals surface area contributed by atoms with E-state index in [1.807, 2.05) is 60.8 Å². The third-order valence-electron chi connectivity index (χ3n) is 5.36. The van der Waals surface area contributed by atoms with E-state index in [4.69, 9.17) is 9.15 Å². The summed E-state index contributed by atoms with van der Waals surface area (Å²) < 4.78 is 11.1. The number of benzene rings is 2. The zero-order valence-electron chi connectivity index (χ0n) is 19.4. The number of fused-ring (bicyclic) bond motifs is 1. The third-order valence-corrected chi connectivity index (χ3v) is 6.29. The zero-order chi connectivity index (χ0) is 24.9. The Morgan fingerprint density at radius 2 is 1.83 bits per heavy atom. The number of thiazole rings is 1. The SMILES string of the molecule is CCOc1ccccc1-c1nc(CC(=O)NNC(=O)c2cc(-c3ccco3)nc3ccccc23)cs1. The molecule has 0 aliphatic carbocycles. The molecule has 3 aromatic heterocycles. The van der Waals surface area contributed by atoms with Crippen molar-refractivity contribution in [3.8, 4) is 27.8 Å². The van der Waals surface area contributed by atoms with Crippen molar-refractivity contribution in [3.63, 3.8) is 0 Å². The summed E-state index contributed by atoms with van der Waals surface area (Å²) in [6.45, 7) is 2.47. The predicted octanol–water partition coefficient (Wildman–Crippen LogP) is 5.02. The van der Waals surface area contributed by atoms with Crippen LogP contribution in [0, 0.1) is 0 Å². The van der Waals surface area contributed by atoms with E-state index in [9.17, 15) is 9.59 Å². The lowest BCUT2D eigenvalue weighted by Crippen LogP contribution is -2.42. The lowest BCUT2D eigenvalue weighted by Gasteiger charge is -2.10. The first-order valence-corrected chi connectivity index (χ1v) is 12.2. The van der Waals surface area contributed by atoms with Gasteiger partial charge in [0.2, 0.25) is 5.91 Å². The van der Waals surface area contributed by atoms with Crippen LogP contribution >= 0.6 is 11.3 Å². The van der Waals surface area contributed by atoms with Crippen molar-refractivity contribution in [3.05, 3.63) is 89.6 Å². The number of ether oxygens (including phenoxy) is 1. The van der Waals surface area contributed by atoms with Crippen LogP contribution in [0.1, 0.15) is 23.0 Å². The number of amides is 2. The number of furan rings is 1. The van der Waals surface area contributed by atoms with E-state index in [0.29, 0.717) is 40.2 Å². The largest absolute Gasteiger partial charge is 0.493 e. The number of para-hydroxylation sites is 2. The van der Waals surface area contributed by atoms with Gasteiger partial charge in [0.25, 0.3) is 5.91 Å². The molecular formula is C27H22N4O4S. The molecule has 0 radical (unpaired) electrons. The van der Waals surface area contributed by atoms with Crippen LogP contribution in [0.15, 0.2) is 82.8 Å². The Hall–Kier alpha value is -4.50. The summed E-state index contributed by atoms with van der Waals surface area (Å²) in [6.07, 6.45) is 1.56. The first-order chi connectivity index (χ1) is 17.6. The highest BCUT2D eigenvalue weighted by Gasteiger charge is 2.17. The van der Waals surface area contributed by atoms with Crippen molar-refractivity contribution in [2.24, 2.45) is 0 Å². The van der Waals surface area contributed by atoms with Crippen molar-refractivity contribution < 1.29 is 18.7 Å². The average Bonchev–Trinajstić information content (AvgIpc) is 3.60. The van der Waals surface area contributed by atoms with E-state index in [-0.39, 0.29) is 12.3 Å². The average molecular weight is 499 g/mol. The first kappa shape index (κ1) is 23.3. The quantitative estimate of drug-likeness (QED) is 0.305. The maximum Gasteiger partial charge on any atom is 0.270 e. The van der Waals surface area contributed by atoms with E-state index in [1.165, 1.54) is 11.3 Å². The molecule has 0 bridgehead atoms. The van der Waals surface area contributed by atoms with E-state index in [1.54, 1.807) is 24.5 Å². The molecule has 8 nitrogen and oxygen atoms in total. The van der Waals surface area contributed by atoms with Crippen LogP contribution in [0.2, 0.25) is 0 Å². The molecule has 9 heteroatoms. The van der Waals surface area contributed by atoms with Crippen LogP contribution in [0.4, 0.5) is 0 Å². The van der Waals surface area contributed by atoms with Crippen molar-refractivity contribution in [2.75, 3.05) is 6.61 Å². The predicted molar refractivity (Wildman–Crippen MR) is 137 cm³/mol. The molecule has 5 rings (SSSR count). The second-order valence-electron chi connectivity index (χ2n) is 7.80. The molecule has 3 heterocycles. The van der Waals surface area contributed by atoms with E-state index >= 15 is 0 Å². The van der Waals surface area contributed by atoms with Gasteiger partial charge in [-0.1, -0.05) is 30.3 Å². The number of nitrogens with one attached hydrogen (secondary N) is 2. The van der Waals surface area contributed by atoms with E-state index < -0.39 is 5.91 Å². The summed E-state index contributed by atoms with van der Waals surface area (Å²) >= 11 is 1.43. The van der Waals surface area contributed by atoms with Gasteiger partial charge in [0.15, 0.2) is 5.76 Å². The first-order valence-electron chi connectivity index (χ1n) is 11.3. The van der Waals surface area contributed by atoms with E-state index in [0.717, 1.165) is 16.3 Å². The Balaban J connectivity index is 1.28. The highest BCUT2D eigenvalue weighted by Crippen LogP contribution is 2.32. The molecule has 2 aromatic carbocycles. The number of carbonyl (C=O) groups is 2. The minimum absolute atomic E-state index is 0.0162. The summed E-state index contributed by atoms with van der Waals surface area (Å²) in [4.78, 5) is 34.7. The molecule has 0 atom stereocenters. The Morgan fingerprint density at radius 3 is 2.67 bits per heavy atom. The fourth-order valence-electron chi connectivity index (χ4n) is 3.75. The molecule has 2 amide bonds. The van der Waals surface area contributed by atoms with Crippen molar-refractivity contribution in [1.29, 1.82) is 0 Å². The van der Waals surface area contributed by atoms with Crippen molar-refractivity contribution in [2.45, 2.75) is 13.3 Å². The summed E-state index contributed by atoms with van der Waals surface area (Å²) in [7, 11) is 0. The van der Waals surface area contributed by atoms with Gasteiger partial charge in [-0.2, -0.15) is 0 Å².